The molecule has 0 aliphatic rings. The van der Waals surface area contributed by atoms with Crippen molar-refractivity contribution >= 4 is 35.1 Å². The topological polar surface area (TPSA) is 61.5 Å². The molecule has 7 heteroatoms. The van der Waals surface area contributed by atoms with Gasteiger partial charge in [0.15, 0.2) is 0 Å². The van der Waals surface area contributed by atoms with Crippen LogP contribution >= 0.6 is 35.1 Å². The van der Waals surface area contributed by atoms with E-state index >= 15 is 0 Å². The fourth-order valence-electron chi connectivity index (χ4n) is 1.47. The molecule has 102 valence electrons. The van der Waals surface area contributed by atoms with Gasteiger partial charge in [0.1, 0.15) is 5.78 Å². The number of nitrogens with two attached hydrogens (primary N) is 1. The summed E-state index contributed by atoms with van der Waals surface area (Å²) < 4.78 is 23.8. The average Bonchev–Trinajstić information content (AvgIpc) is 2.32. The van der Waals surface area contributed by atoms with E-state index in [1.165, 1.54) is 0 Å². The van der Waals surface area contributed by atoms with Crippen LogP contribution in [-0.4, -0.2) is 13.2 Å². The van der Waals surface area contributed by atoms with E-state index in [0.29, 0.717) is 10.6 Å². The first kappa shape index (κ1) is 16.2. The Labute approximate surface area is 120 Å². The smallest absolute Gasteiger partial charge is 0.314 e. The largest absolute Gasteiger partial charge is 0.351 e. The lowest BCUT2D eigenvalue weighted by atomic mass is 10.2. The SMILES string of the molecule is CCOP(=O)(OCC)[C@H](N)c1cc(Br)ccc1Cl. The third kappa shape index (κ3) is 3.80. The Morgan fingerprint density at radius 3 is 2.44 bits per heavy atom. The Morgan fingerprint density at radius 2 is 1.94 bits per heavy atom. The highest BCUT2D eigenvalue weighted by Gasteiger charge is 2.35. The van der Waals surface area contributed by atoms with Crippen molar-refractivity contribution in [2.75, 3.05) is 13.2 Å². The third-order valence-electron chi connectivity index (χ3n) is 2.24. The van der Waals surface area contributed by atoms with Gasteiger partial charge in [-0.05, 0) is 32.0 Å². The van der Waals surface area contributed by atoms with Gasteiger partial charge in [0.2, 0.25) is 0 Å². The van der Waals surface area contributed by atoms with E-state index < -0.39 is 13.4 Å². The summed E-state index contributed by atoms with van der Waals surface area (Å²) in [4.78, 5) is 0. The molecule has 0 aliphatic carbocycles. The van der Waals surface area contributed by atoms with Crippen molar-refractivity contribution in [1.29, 1.82) is 0 Å². The van der Waals surface area contributed by atoms with Crippen molar-refractivity contribution < 1.29 is 13.6 Å². The molecule has 2 N–H and O–H groups in total. The molecule has 1 aromatic rings. The van der Waals surface area contributed by atoms with Crippen LogP contribution in [0.1, 0.15) is 25.2 Å². The van der Waals surface area contributed by atoms with E-state index in [-0.39, 0.29) is 13.2 Å². The van der Waals surface area contributed by atoms with Gasteiger partial charge in [-0.2, -0.15) is 0 Å². The second kappa shape index (κ2) is 7.04. The van der Waals surface area contributed by atoms with Crippen LogP contribution in [0.2, 0.25) is 5.02 Å². The fourth-order valence-corrected chi connectivity index (χ4v) is 3.83. The van der Waals surface area contributed by atoms with Crippen LogP contribution < -0.4 is 5.73 Å². The van der Waals surface area contributed by atoms with Crippen LogP contribution in [0.4, 0.5) is 0 Å². The first-order valence-electron chi connectivity index (χ1n) is 5.54. The molecule has 0 aromatic heterocycles. The van der Waals surface area contributed by atoms with Gasteiger partial charge in [0.25, 0.3) is 0 Å². The predicted octanol–water partition coefficient (Wildman–Crippen LogP) is 4.33. The molecule has 4 nitrogen and oxygen atoms in total. The number of benzene rings is 1. The van der Waals surface area contributed by atoms with Crippen molar-refractivity contribution in [1.82, 2.24) is 0 Å². The summed E-state index contributed by atoms with van der Waals surface area (Å²) in [6, 6.07) is 5.19. The maximum atomic E-state index is 12.5. The minimum Gasteiger partial charge on any atom is -0.314 e. The summed E-state index contributed by atoms with van der Waals surface area (Å²) in [5.41, 5.74) is 6.54. The second-order valence-electron chi connectivity index (χ2n) is 3.49. The van der Waals surface area contributed by atoms with Crippen LogP contribution in [0.15, 0.2) is 22.7 Å². The highest BCUT2D eigenvalue weighted by Crippen LogP contribution is 2.59. The molecule has 0 aliphatic heterocycles. The monoisotopic (exact) mass is 355 g/mol. The standard InChI is InChI=1S/C11H16BrClNO3P/c1-3-16-18(15,17-4-2)11(14)9-7-8(12)5-6-10(9)13/h5-7,11H,3-4,14H2,1-2H3/t11-/m0/s1. The van der Waals surface area contributed by atoms with Gasteiger partial charge in [-0.25, -0.2) is 0 Å². The molecule has 0 bridgehead atoms. The number of halogens is 2. The lowest BCUT2D eigenvalue weighted by Crippen LogP contribution is -2.15. The van der Waals surface area contributed by atoms with Crippen LogP contribution in [0.25, 0.3) is 0 Å². The molecule has 0 radical (unpaired) electrons. The van der Waals surface area contributed by atoms with Crippen molar-refractivity contribution in [2.45, 2.75) is 19.6 Å². The van der Waals surface area contributed by atoms with Crippen LogP contribution in [0.3, 0.4) is 0 Å². The molecule has 1 atom stereocenters. The Bertz CT molecular complexity index is 448. The van der Waals surface area contributed by atoms with Crippen molar-refractivity contribution in [3.05, 3.63) is 33.3 Å². The van der Waals surface area contributed by atoms with Gasteiger partial charge in [0.05, 0.1) is 13.2 Å². The molecule has 0 saturated heterocycles. The highest BCUT2D eigenvalue weighted by molar-refractivity contribution is 9.10. The minimum atomic E-state index is -3.41. The summed E-state index contributed by atoms with van der Waals surface area (Å²) in [7, 11) is -3.41. The van der Waals surface area contributed by atoms with Gasteiger partial charge < -0.3 is 14.8 Å². The van der Waals surface area contributed by atoms with Crippen molar-refractivity contribution in [3.8, 4) is 0 Å². The lowest BCUT2D eigenvalue weighted by molar-refractivity contribution is 0.212. The molecule has 18 heavy (non-hydrogen) atoms. The van der Waals surface area contributed by atoms with Crippen LogP contribution in [-0.2, 0) is 13.6 Å². The van der Waals surface area contributed by atoms with Crippen LogP contribution in [0, 0.1) is 0 Å². The lowest BCUT2D eigenvalue weighted by Gasteiger charge is -2.24. The summed E-state index contributed by atoms with van der Waals surface area (Å²) >= 11 is 9.39. The van der Waals surface area contributed by atoms with Crippen molar-refractivity contribution in [2.24, 2.45) is 5.73 Å². The Kier molecular flexibility index (Phi) is 6.31. The third-order valence-corrected chi connectivity index (χ3v) is 5.27. The number of rotatable bonds is 6. The predicted molar refractivity (Wildman–Crippen MR) is 76.9 cm³/mol. The molecule has 0 amide bonds. The van der Waals surface area contributed by atoms with E-state index in [2.05, 4.69) is 15.9 Å². The maximum Gasteiger partial charge on any atom is 0.351 e. The number of hydrogen-bond acceptors (Lipinski definition) is 4. The minimum absolute atomic E-state index is 0.261. The molecule has 1 rings (SSSR count). The zero-order chi connectivity index (χ0) is 13.8. The van der Waals surface area contributed by atoms with Gasteiger partial charge in [-0.1, -0.05) is 27.5 Å². The molecule has 1 aromatic carbocycles. The highest BCUT2D eigenvalue weighted by atomic mass is 79.9. The van der Waals surface area contributed by atoms with Gasteiger partial charge in [0, 0.05) is 15.1 Å². The number of hydrogen-bond donors (Lipinski definition) is 1. The summed E-state index contributed by atoms with van der Waals surface area (Å²) in [6.07, 6.45) is 0. The molecule has 0 unspecified atom stereocenters. The molecular weight excluding hydrogens is 340 g/mol. The fraction of sp³-hybridized carbons (Fsp3) is 0.455. The van der Waals surface area contributed by atoms with Crippen LogP contribution in [0.5, 0.6) is 0 Å². The maximum absolute atomic E-state index is 12.5. The molecule has 0 saturated carbocycles. The summed E-state index contributed by atoms with van der Waals surface area (Å²) in [5.74, 6) is -0.901. The van der Waals surface area contributed by atoms with E-state index in [9.17, 15) is 4.57 Å². The Balaban J connectivity index is 3.13. The summed E-state index contributed by atoms with van der Waals surface area (Å²) in [6.45, 7) is 4.00. The van der Waals surface area contributed by atoms with E-state index in [0.717, 1.165) is 4.47 Å². The summed E-state index contributed by atoms with van der Waals surface area (Å²) in [5, 5.41) is 0.435. The molecular formula is C11H16BrClNO3P. The Morgan fingerprint density at radius 1 is 1.39 bits per heavy atom. The Hall–Kier alpha value is 0.1000. The normalized spacial score (nSPS) is 13.6. The van der Waals surface area contributed by atoms with Gasteiger partial charge in [-0.15, -0.1) is 0 Å². The average molecular weight is 357 g/mol. The van der Waals surface area contributed by atoms with Crippen molar-refractivity contribution in [3.63, 3.8) is 0 Å². The zero-order valence-corrected chi connectivity index (χ0v) is 13.5. The molecule has 0 fully saturated rings. The molecule has 0 spiro atoms. The van der Waals surface area contributed by atoms with E-state index in [1.54, 1.807) is 32.0 Å². The zero-order valence-electron chi connectivity index (χ0n) is 10.2. The van der Waals surface area contributed by atoms with E-state index in [1.807, 2.05) is 0 Å². The van der Waals surface area contributed by atoms with Gasteiger partial charge >= 0.3 is 7.60 Å². The molecule has 0 heterocycles. The quantitative estimate of drug-likeness (QED) is 0.771. The first-order chi connectivity index (χ1) is 8.44. The van der Waals surface area contributed by atoms with Gasteiger partial charge in [-0.3, -0.25) is 4.57 Å². The second-order valence-corrected chi connectivity index (χ2v) is 6.96. The van der Waals surface area contributed by atoms with E-state index in [4.69, 9.17) is 26.4 Å². The first-order valence-corrected chi connectivity index (χ1v) is 8.32.